The molecule has 3 nitrogen and oxygen atoms in total. The number of fused-ring (bicyclic) bond motifs is 2. The molecule has 0 fully saturated rings. The van der Waals surface area contributed by atoms with Gasteiger partial charge in [0.15, 0.2) is 0 Å². The molecular formula is C17H15NO2. The summed E-state index contributed by atoms with van der Waals surface area (Å²) in [6.45, 7) is 0.265. The molecule has 3 rings (SSSR count). The second-order valence-electron chi connectivity index (χ2n) is 4.62. The van der Waals surface area contributed by atoms with Gasteiger partial charge in [0, 0.05) is 12.6 Å². The lowest BCUT2D eigenvalue weighted by Gasteiger charge is -2.11. The molecule has 0 radical (unpaired) electrons. The molecule has 0 atom stereocenters. The molecule has 0 aliphatic rings. The lowest BCUT2D eigenvalue weighted by Crippen LogP contribution is -2.19. The Hall–Kier alpha value is -2.55. The molecule has 0 heterocycles. The van der Waals surface area contributed by atoms with Crippen molar-refractivity contribution in [3.05, 3.63) is 60.2 Å². The Kier molecular flexibility index (Phi) is 3.25. The Balaban J connectivity index is 2.20. The zero-order chi connectivity index (χ0) is 13.9. The minimum absolute atomic E-state index is 0.265. The van der Waals surface area contributed by atoms with Crippen LogP contribution in [0, 0.1) is 0 Å². The summed E-state index contributed by atoms with van der Waals surface area (Å²) in [5, 5.41) is 7.02. The third-order valence-electron chi connectivity index (χ3n) is 3.43. The van der Waals surface area contributed by atoms with E-state index < -0.39 is 6.09 Å². The van der Waals surface area contributed by atoms with Crippen LogP contribution in [0.4, 0.5) is 4.79 Å². The van der Waals surface area contributed by atoms with Crippen molar-refractivity contribution < 1.29 is 9.53 Å². The zero-order valence-corrected chi connectivity index (χ0v) is 11.2. The summed E-state index contributed by atoms with van der Waals surface area (Å²) in [5.41, 5.74) is 1.04. The molecule has 3 aromatic carbocycles. The van der Waals surface area contributed by atoms with Gasteiger partial charge in [-0.15, -0.1) is 0 Å². The summed E-state index contributed by atoms with van der Waals surface area (Å²) in [6.07, 6.45) is -0.415. The molecule has 1 N–H and O–H groups in total. The van der Waals surface area contributed by atoms with Gasteiger partial charge in [-0.05, 0) is 27.6 Å². The fraction of sp³-hybridized carbons (Fsp3) is 0.118. The fourth-order valence-corrected chi connectivity index (χ4v) is 2.47. The summed E-state index contributed by atoms with van der Waals surface area (Å²) in [4.78, 5) is 11.3. The van der Waals surface area contributed by atoms with Gasteiger partial charge < -0.3 is 10.1 Å². The first kappa shape index (κ1) is 12.5. The molecule has 0 bridgehead atoms. The number of nitrogens with one attached hydrogen (secondary N) is 1. The molecule has 3 aromatic rings. The fourth-order valence-electron chi connectivity index (χ4n) is 2.47. The molecule has 1 amide bonds. The third-order valence-corrected chi connectivity index (χ3v) is 3.43. The second-order valence-corrected chi connectivity index (χ2v) is 4.62. The maximum Gasteiger partial charge on any atom is 0.407 e. The molecule has 0 saturated carbocycles. The number of hydrogen-bond donors (Lipinski definition) is 1. The molecule has 3 heteroatoms. The van der Waals surface area contributed by atoms with Gasteiger partial charge in [-0.1, -0.05) is 48.5 Å². The first-order valence-electron chi connectivity index (χ1n) is 6.53. The number of rotatable bonds is 2. The Labute approximate surface area is 117 Å². The van der Waals surface area contributed by atoms with Crippen LogP contribution in [0.5, 0.6) is 0 Å². The van der Waals surface area contributed by atoms with E-state index in [0.717, 1.165) is 27.1 Å². The average molecular weight is 265 g/mol. The predicted molar refractivity (Wildman–Crippen MR) is 80.7 cm³/mol. The number of carbonyl (C=O) groups is 1. The van der Waals surface area contributed by atoms with Gasteiger partial charge in [0.05, 0.1) is 0 Å². The molecule has 0 aliphatic carbocycles. The van der Waals surface area contributed by atoms with Crippen LogP contribution in [0.25, 0.3) is 21.5 Å². The quantitative estimate of drug-likeness (QED) is 0.715. The van der Waals surface area contributed by atoms with Gasteiger partial charge in [0.1, 0.15) is 6.61 Å². The van der Waals surface area contributed by atoms with Crippen molar-refractivity contribution in [2.45, 2.75) is 6.61 Å². The Morgan fingerprint density at radius 3 is 2.10 bits per heavy atom. The van der Waals surface area contributed by atoms with Crippen molar-refractivity contribution in [1.82, 2.24) is 5.32 Å². The largest absolute Gasteiger partial charge is 0.445 e. The van der Waals surface area contributed by atoms with E-state index in [-0.39, 0.29) is 6.61 Å². The van der Waals surface area contributed by atoms with E-state index in [2.05, 4.69) is 35.6 Å². The van der Waals surface area contributed by atoms with Gasteiger partial charge in [0.25, 0.3) is 0 Å². The molecule has 0 aromatic heterocycles. The Morgan fingerprint density at radius 2 is 1.55 bits per heavy atom. The highest BCUT2D eigenvalue weighted by Gasteiger charge is 2.09. The number of hydrogen-bond acceptors (Lipinski definition) is 2. The summed E-state index contributed by atoms with van der Waals surface area (Å²) in [6, 6.07) is 18.5. The number of ether oxygens (including phenoxy) is 1. The first-order valence-corrected chi connectivity index (χ1v) is 6.53. The lowest BCUT2D eigenvalue weighted by atomic mass is 9.97. The van der Waals surface area contributed by atoms with Gasteiger partial charge >= 0.3 is 6.09 Å². The topological polar surface area (TPSA) is 38.3 Å². The zero-order valence-electron chi connectivity index (χ0n) is 11.2. The molecule has 0 aliphatic heterocycles. The van der Waals surface area contributed by atoms with E-state index in [1.54, 1.807) is 7.05 Å². The molecule has 100 valence electrons. The minimum atomic E-state index is -0.415. The van der Waals surface area contributed by atoms with Crippen molar-refractivity contribution in [3.8, 4) is 0 Å². The molecule has 0 spiro atoms. The van der Waals surface area contributed by atoms with Crippen LogP contribution in [0.1, 0.15) is 5.56 Å². The van der Waals surface area contributed by atoms with Gasteiger partial charge in [-0.3, -0.25) is 0 Å². The van der Waals surface area contributed by atoms with Crippen LogP contribution in [0.15, 0.2) is 54.6 Å². The van der Waals surface area contributed by atoms with Crippen molar-refractivity contribution in [2.24, 2.45) is 0 Å². The van der Waals surface area contributed by atoms with Crippen molar-refractivity contribution in [2.75, 3.05) is 7.05 Å². The maximum atomic E-state index is 11.3. The van der Waals surface area contributed by atoms with Crippen LogP contribution < -0.4 is 5.32 Å². The van der Waals surface area contributed by atoms with Gasteiger partial charge in [0.2, 0.25) is 0 Å². The number of carbonyl (C=O) groups excluding carboxylic acids is 1. The first-order chi connectivity index (χ1) is 9.79. The maximum absolute atomic E-state index is 11.3. The highest BCUT2D eigenvalue weighted by atomic mass is 16.5. The van der Waals surface area contributed by atoms with E-state index in [1.807, 2.05) is 24.3 Å². The summed E-state index contributed by atoms with van der Waals surface area (Å²) in [5.74, 6) is 0. The van der Waals surface area contributed by atoms with Crippen molar-refractivity contribution in [3.63, 3.8) is 0 Å². The summed E-state index contributed by atoms with van der Waals surface area (Å²) >= 11 is 0. The second kappa shape index (κ2) is 5.21. The third kappa shape index (κ3) is 2.18. The van der Waals surface area contributed by atoms with Crippen molar-refractivity contribution >= 4 is 27.6 Å². The van der Waals surface area contributed by atoms with Gasteiger partial charge in [-0.2, -0.15) is 0 Å². The minimum Gasteiger partial charge on any atom is -0.445 e. The standard InChI is InChI=1S/C17H15NO2/c1-18-17(19)20-11-16-14-8-4-2-6-12(14)10-13-7-3-5-9-15(13)16/h2-10H,11H2,1H3,(H,18,19). The van der Waals surface area contributed by atoms with Crippen LogP contribution in [-0.4, -0.2) is 13.1 Å². The van der Waals surface area contributed by atoms with Crippen LogP contribution in [0.2, 0.25) is 0 Å². The van der Waals surface area contributed by atoms with Crippen LogP contribution >= 0.6 is 0 Å². The Bertz CT molecular complexity index is 726. The number of benzene rings is 3. The van der Waals surface area contributed by atoms with Crippen LogP contribution in [0.3, 0.4) is 0 Å². The highest BCUT2D eigenvalue weighted by Crippen LogP contribution is 2.28. The van der Waals surface area contributed by atoms with Crippen LogP contribution in [-0.2, 0) is 11.3 Å². The van der Waals surface area contributed by atoms with E-state index in [4.69, 9.17) is 4.74 Å². The van der Waals surface area contributed by atoms with E-state index in [9.17, 15) is 4.79 Å². The normalized spacial score (nSPS) is 10.7. The SMILES string of the molecule is CNC(=O)OCc1c2ccccc2cc2ccccc12. The molecule has 0 saturated heterocycles. The molecule has 0 unspecified atom stereocenters. The van der Waals surface area contributed by atoms with E-state index in [1.165, 1.54) is 0 Å². The summed E-state index contributed by atoms with van der Waals surface area (Å²) in [7, 11) is 1.56. The Morgan fingerprint density at radius 1 is 1.00 bits per heavy atom. The average Bonchev–Trinajstić information content (AvgIpc) is 2.51. The predicted octanol–water partition coefficient (Wildman–Crippen LogP) is 3.85. The smallest absolute Gasteiger partial charge is 0.407 e. The molecular weight excluding hydrogens is 250 g/mol. The van der Waals surface area contributed by atoms with Crippen molar-refractivity contribution in [1.29, 1.82) is 0 Å². The highest BCUT2D eigenvalue weighted by molar-refractivity contribution is 6.02. The lowest BCUT2D eigenvalue weighted by molar-refractivity contribution is 0.143. The molecule has 20 heavy (non-hydrogen) atoms. The monoisotopic (exact) mass is 265 g/mol. The van der Waals surface area contributed by atoms with Gasteiger partial charge in [-0.25, -0.2) is 4.79 Å². The van der Waals surface area contributed by atoms with E-state index in [0.29, 0.717) is 0 Å². The number of amides is 1. The number of alkyl carbamates (subject to hydrolysis) is 1. The summed E-state index contributed by atoms with van der Waals surface area (Å²) < 4.78 is 5.24. The van der Waals surface area contributed by atoms with E-state index >= 15 is 0 Å².